The Morgan fingerprint density at radius 2 is 1.59 bits per heavy atom. The molecule has 0 saturated heterocycles. The van der Waals surface area contributed by atoms with E-state index in [1.54, 1.807) is 7.11 Å². The zero-order valence-corrected chi connectivity index (χ0v) is 17.4. The second kappa shape index (κ2) is 9.28. The highest BCUT2D eigenvalue weighted by Crippen LogP contribution is 2.23. The Morgan fingerprint density at radius 1 is 0.897 bits per heavy atom. The minimum absolute atomic E-state index is 0.135. The van der Waals surface area contributed by atoms with Gasteiger partial charge >= 0.3 is 0 Å². The molecule has 1 heterocycles. The van der Waals surface area contributed by atoms with E-state index in [9.17, 15) is 0 Å². The number of anilines is 2. The summed E-state index contributed by atoms with van der Waals surface area (Å²) in [7, 11) is 1.65. The molecule has 3 aromatic rings. The first-order valence-electron chi connectivity index (χ1n) is 9.66. The van der Waals surface area contributed by atoms with E-state index >= 15 is 0 Å². The van der Waals surface area contributed by atoms with Crippen LogP contribution in [0.5, 0.6) is 11.5 Å². The number of benzene rings is 2. The maximum Gasteiger partial charge on any atom is 0.225 e. The summed E-state index contributed by atoms with van der Waals surface area (Å²) in [6, 6.07) is 19.6. The summed E-state index contributed by atoms with van der Waals surface area (Å²) < 4.78 is 10.9. The van der Waals surface area contributed by atoms with Gasteiger partial charge in [0.2, 0.25) is 5.95 Å². The van der Waals surface area contributed by atoms with Crippen molar-refractivity contribution >= 4 is 11.8 Å². The summed E-state index contributed by atoms with van der Waals surface area (Å²) in [5.41, 5.74) is 1.78. The van der Waals surface area contributed by atoms with Crippen LogP contribution in [0.2, 0.25) is 0 Å². The van der Waals surface area contributed by atoms with Gasteiger partial charge in [0, 0.05) is 17.2 Å². The van der Waals surface area contributed by atoms with E-state index in [-0.39, 0.29) is 5.54 Å². The van der Waals surface area contributed by atoms with Gasteiger partial charge in [-0.05, 0) is 45.0 Å². The second-order valence-corrected chi connectivity index (χ2v) is 7.65. The minimum Gasteiger partial charge on any atom is -0.497 e. The number of hydrogen-bond donors (Lipinski definition) is 2. The summed E-state index contributed by atoms with van der Waals surface area (Å²) in [6.07, 6.45) is 0. The first-order chi connectivity index (χ1) is 13.9. The first kappa shape index (κ1) is 20.5. The van der Waals surface area contributed by atoms with Crippen LogP contribution in [0, 0.1) is 0 Å². The van der Waals surface area contributed by atoms with Crippen molar-refractivity contribution in [2.24, 2.45) is 0 Å². The van der Waals surface area contributed by atoms with Gasteiger partial charge in [-0.25, -0.2) is 4.98 Å². The lowest BCUT2D eigenvalue weighted by molar-refractivity contribution is 0.331. The molecule has 0 amide bonds. The van der Waals surface area contributed by atoms with Crippen molar-refractivity contribution in [3.63, 3.8) is 0 Å². The summed E-state index contributed by atoms with van der Waals surface area (Å²) in [4.78, 5) is 9.28. The van der Waals surface area contributed by atoms with Crippen LogP contribution >= 0.6 is 0 Å². The molecule has 0 unspecified atom stereocenters. The third-order valence-corrected chi connectivity index (χ3v) is 4.02. The number of ether oxygens (including phenoxy) is 2. The zero-order valence-electron chi connectivity index (χ0n) is 17.4. The van der Waals surface area contributed by atoms with Gasteiger partial charge in [0.1, 0.15) is 23.9 Å². The molecule has 3 rings (SSSR count). The van der Waals surface area contributed by atoms with Gasteiger partial charge in [-0.15, -0.1) is 0 Å². The Hall–Kier alpha value is -3.28. The largest absolute Gasteiger partial charge is 0.497 e. The van der Waals surface area contributed by atoms with E-state index in [0.29, 0.717) is 19.1 Å². The molecule has 6 heteroatoms. The van der Waals surface area contributed by atoms with E-state index in [2.05, 4.69) is 41.4 Å². The first-order valence-corrected chi connectivity index (χ1v) is 9.66. The molecule has 0 radical (unpaired) electrons. The van der Waals surface area contributed by atoms with Crippen LogP contribution in [0.4, 0.5) is 11.8 Å². The maximum atomic E-state index is 5.78. The number of nitrogens with one attached hydrogen (secondary N) is 2. The standard InChI is InChI=1S/C23H28N4O2/c1-23(2,3)27-22-25-20(17-8-6-5-7-9-17)16-21(26-22)24-14-15-29-19-12-10-18(28-4)11-13-19/h5-13,16H,14-15H2,1-4H3,(H2,24,25,26,27). The molecule has 152 valence electrons. The predicted octanol–water partition coefficient (Wildman–Crippen LogP) is 4.85. The molecule has 0 fully saturated rings. The summed E-state index contributed by atoms with van der Waals surface area (Å²) in [5, 5.41) is 6.69. The lowest BCUT2D eigenvalue weighted by atomic mass is 10.1. The number of hydrogen-bond acceptors (Lipinski definition) is 6. The van der Waals surface area contributed by atoms with Crippen molar-refractivity contribution in [3.05, 3.63) is 60.7 Å². The Balaban J connectivity index is 1.67. The highest BCUT2D eigenvalue weighted by atomic mass is 16.5. The van der Waals surface area contributed by atoms with Gasteiger partial charge in [0.15, 0.2) is 0 Å². The topological polar surface area (TPSA) is 68.3 Å². The van der Waals surface area contributed by atoms with E-state index in [4.69, 9.17) is 9.47 Å². The van der Waals surface area contributed by atoms with Crippen molar-refractivity contribution in [2.75, 3.05) is 30.9 Å². The Morgan fingerprint density at radius 3 is 2.24 bits per heavy atom. The molecule has 0 aliphatic carbocycles. The average molecular weight is 393 g/mol. The Labute approximate surface area is 172 Å². The Kier molecular flexibility index (Phi) is 6.54. The van der Waals surface area contributed by atoms with Gasteiger partial charge < -0.3 is 20.1 Å². The number of aromatic nitrogens is 2. The molecule has 2 N–H and O–H groups in total. The van der Waals surface area contributed by atoms with Crippen LogP contribution in [0.1, 0.15) is 20.8 Å². The van der Waals surface area contributed by atoms with E-state index < -0.39 is 0 Å². The SMILES string of the molecule is COc1ccc(OCCNc2cc(-c3ccccc3)nc(NC(C)(C)C)n2)cc1. The van der Waals surface area contributed by atoms with Gasteiger partial charge in [0.25, 0.3) is 0 Å². The van der Waals surface area contributed by atoms with E-state index in [0.717, 1.165) is 28.6 Å². The third-order valence-electron chi connectivity index (χ3n) is 4.02. The molecule has 2 aromatic carbocycles. The van der Waals surface area contributed by atoms with Crippen LogP contribution in [0.3, 0.4) is 0 Å². The average Bonchev–Trinajstić information content (AvgIpc) is 2.71. The fraction of sp³-hybridized carbons (Fsp3) is 0.304. The summed E-state index contributed by atoms with van der Waals surface area (Å²) in [5.74, 6) is 2.96. The van der Waals surface area contributed by atoms with Crippen molar-refractivity contribution in [1.82, 2.24) is 9.97 Å². The van der Waals surface area contributed by atoms with Gasteiger partial charge in [-0.2, -0.15) is 4.98 Å². The molecule has 1 aromatic heterocycles. The quantitative estimate of drug-likeness (QED) is 0.534. The predicted molar refractivity (Wildman–Crippen MR) is 118 cm³/mol. The molecule has 0 atom stereocenters. The number of methoxy groups -OCH3 is 1. The van der Waals surface area contributed by atoms with Crippen molar-refractivity contribution in [2.45, 2.75) is 26.3 Å². The molecule has 0 bridgehead atoms. The molecular formula is C23H28N4O2. The monoisotopic (exact) mass is 392 g/mol. The van der Waals surface area contributed by atoms with Crippen LogP contribution in [0.15, 0.2) is 60.7 Å². The van der Waals surface area contributed by atoms with Crippen LogP contribution in [0.25, 0.3) is 11.3 Å². The summed E-state index contributed by atoms with van der Waals surface area (Å²) in [6.45, 7) is 7.38. The Bertz CT molecular complexity index is 906. The highest BCUT2D eigenvalue weighted by molar-refractivity contribution is 5.64. The van der Waals surface area contributed by atoms with Crippen molar-refractivity contribution in [3.8, 4) is 22.8 Å². The lowest BCUT2D eigenvalue weighted by Gasteiger charge is -2.21. The van der Waals surface area contributed by atoms with E-state index in [1.165, 1.54) is 0 Å². The highest BCUT2D eigenvalue weighted by Gasteiger charge is 2.13. The molecule has 0 aliphatic heterocycles. The molecule has 29 heavy (non-hydrogen) atoms. The number of nitrogens with zero attached hydrogens (tertiary/aromatic N) is 2. The fourth-order valence-corrected chi connectivity index (χ4v) is 2.71. The minimum atomic E-state index is -0.135. The molecule has 0 saturated carbocycles. The molecule has 0 spiro atoms. The van der Waals surface area contributed by atoms with Crippen molar-refractivity contribution < 1.29 is 9.47 Å². The maximum absolute atomic E-state index is 5.78. The van der Waals surface area contributed by atoms with E-state index in [1.807, 2.05) is 60.7 Å². The van der Waals surface area contributed by atoms with Crippen LogP contribution in [-0.2, 0) is 0 Å². The second-order valence-electron chi connectivity index (χ2n) is 7.65. The smallest absolute Gasteiger partial charge is 0.225 e. The summed E-state index contributed by atoms with van der Waals surface area (Å²) >= 11 is 0. The molecule has 0 aliphatic rings. The molecule has 6 nitrogen and oxygen atoms in total. The van der Waals surface area contributed by atoms with Gasteiger partial charge in [-0.1, -0.05) is 30.3 Å². The van der Waals surface area contributed by atoms with Crippen molar-refractivity contribution in [1.29, 1.82) is 0 Å². The van der Waals surface area contributed by atoms with Gasteiger partial charge in [-0.3, -0.25) is 0 Å². The molecular weight excluding hydrogens is 364 g/mol. The number of rotatable bonds is 8. The normalized spacial score (nSPS) is 11.0. The van der Waals surface area contributed by atoms with Gasteiger partial charge in [0.05, 0.1) is 19.3 Å². The lowest BCUT2D eigenvalue weighted by Crippen LogP contribution is -2.27. The third kappa shape index (κ3) is 6.38. The fourth-order valence-electron chi connectivity index (χ4n) is 2.71. The zero-order chi connectivity index (χ0) is 20.7. The van der Waals surface area contributed by atoms with Crippen LogP contribution in [-0.4, -0.2) is 35.8 Å². The van der Waals surface area contributed by atoms with Crippen LogP contribution < -0.4 is 20.1 Å².